The summed E-state index contributed by atoms with van der Waals surface area (Å²) in [7, 11) is 1.72. The fourth-order valence-electron chi connectivity index (χ4n) is 2.69. The highest BCUT2D eigenvalue weighted by Crippen LogP contribution is 2.27. The number of nitrogens with one attached hydrogen (secondary N) is 3. The lowest BCUT2D eigenvalue weighted by Gasteiger charge is -2.23. The SMILES string of the molecule is CNc1ncc(C(=O)NC2CCCCC2)c(Cl)c1C(C)=N. The molecule has 1 aromatic heterocycles. The Morgan fingerprint density at radius 2 is 2.05 bits per heavy atom. The van der Waals surface area contributed by atoms with Crippen molar-refractivity contribution in [2.24, 2.45) is 0 Å². The molecule has 21 heavy (non-hydrogen) atoms. The quantitative estimate of drug-likeness (QED) is 0.747. The molecule has 0 spiro atoms. The van der Waals surface area contributed by atoms with Crippen molar-refractivity contribution in [2.45, 2.75) is 45.1 Å². The lowest BCUT2D eigenvalue weighted by molar-refractivity contribution is 0.0927. The Morgan fingerprint density at radius 1 is 1.38 bits per heavy atom. The topological polar surface area (TPSA) is 77.9 Å². The zero-order chi connectivity index (χ0) is 15.4. The second kappa shape index (κ2) is 6.89. The van der Waals surface area contributed by atoms with E-state index in [2.05, 4.69) is 15.6 Å². The van der Waals surface area contributed by atoms with E-state index in [-0.39, 0.29) is 22.7 Å². The largest absolute Gasteiger partial charge is 0.373 e. The molecule has 0 radical (unpaired) electrons. The maximum atomic E-state index is 12.4. The molecular formula is C15H21ClN4O. The molecule has 0 atom stereocenters. The van der Waals surface area contributed by atoms with E-state index in [4.69, 9.17) is 17.0 Å². The summed E-state index contributed by atoms with van der Waals surface area (Å²) >= 11 is 6.32. The third-order valence-corrected chi connectivity index (χ3v) is 4.20. The van der Waals surface area contributed by atoms with Gasteiger partial charge in [-0.25, -0.2) is 4.98 Å². The van der Waals surface area contributed by atoms with Gasteiger partial charge in [-0.3, -0.25) is 4.79 Å². The molecule has 0 unspecified atom stereocenters. The molecule has 0 saturated heterocycles. The first-order valence-electron chi connectivity index (χ1n) is 7.27. The first-order valence-corrected chi connectivity index (χ1v) is 7.65. The number of carbonyl (C=O) groups is 1. The zero-order valence-corrected chi connectivity index (χ0v) is 13.2. The second-order valence-corrected chi connectivity index (χ2v) is 5.77. The van der Waals surface area contributed by atoms with Crippen molar-refractivity contribution in [2.75, 3.05) is 12.4 Å². The number of pyridine rings is 1. The van der Waals surface area contributed by atoms with Gasteiger partial charge in [0.25, 0.3) is 5.91 Å². The van der Waals surface area contributed by atoms with Crippen LogP contribution in [-0.2, 0) is 0 Å². The Hall–Kier alpha value is -1.62. The Bertz CT molecular complexity index is 553. The van der Waals surface area contributed by atoms with E-state index >= 15 is 0 Å². The molecule has 2 rings (SSSR count). The number of amides is 1. The van der Waals surface area contributed by atoms with Crippen LogP contribution in [0.1, 0.15) is 54.9 Å². The molecule has 1 fully saturated rings. The molecule has 0 bridgehead atoms. The maximum Gasteiger partial charge on any atom is 0.254 e. The highest BCUT2D eigenvalue weighted by Gasteiger charge is 2.22. The van der Waals surface area contributed by atoms with Gasteiger partial charge in [0, 0.05) is 25.0 Å². The van der Waals surface area contributed by atoms with E-state index < -0.39 is 0 Å². The van der Waals surface area contributed by atoms with Crippen LogP contribution >= 0.6 is 11.6 Å². The zero-order valence-electron chi connectivity index (χ0n) is 12.4. The van der Waals surface area contributed by atoms with Gasteiger partial charge in [-0.2, -0.15) is 0 Å². The summed E-state index contributed by atoms with van der Waals surface area (Å²) in [4.78, 5) is 16.6. The highest BCUT2D eigenvalue weighted by atomic mass is 35.5. The summed E-state index contributed by atoms with van der Waals surface area (Å²) in [6.07, 6.45) is 7.05. The van der Waals surface area contributed by atoms with Gasteiger partial charge in [0.05, 0.1) is 16.1 Å². The minimum absolute atomic E-state index is 0.204. The Labute approximate surface area is 130 Å². The summed E-state index contributed by atoms with van der Waals surface area (Å²) < 4.78 is 0. The summed E-state index contributed by atoms with van der Waals surface area (Å²) in [6.45, 7) is 1.63. The van der Waals surface area contributed by atoms with Crippen LogP contribution in [0.4, 0.5) is 5.82 Å². The van der Waals surface area contributed by atoms with E-state index in [1.165, 1.54) is 12.6 Å². The summed E-state index contributed by atoms with van der Waals surface area (Å²) in [5.74, 6) is 0.311. The smallest absolute Gasteiger partial charge is 0.254 e. The van der Waals surface area contributed by atoms with Crippen LogP contribution in [0.2, 0.25) is 5.02 Å². The van der Waals surface area contributed by atoms with Crippen LogP contribution in [0, 0.1) is 5.41 Å². The van der Waals surface area contributed by atoms with Crippen molar-refractivity contribution in [3.63, 3.8) is 0 Å². The fraction of sp³-hybridized carbons (Fsp3) is 0.533. The molecule has 114 valence electrons. The van der Waals surface area contributed by atoms with Crippen molar-refractivity contribution >= 4 is 29.0 Å². The molecule has 1 heterocycles. The Balaban J connectivity index is 2.24. The molecule has 1 aliphatic rings. The number of carbonyl (C=O) groups excluding carboxylic acids is 1. The molecular weight excluding hydrogens is 288 g/mol. The Morgan fingerprint density at radius 3 is 2.62 bits per heavy atom. The average Bonchev–Trinajstić information content (AvgIpc) is 2.47. The number of halogens is 1. The van der Waals surface area contributed by atoms with Gasteiger partial charge >= 0.3 is 0 Å². The van der Waals surface area contributed by atoms with E-state index in [0.717, 1.165) is 25.7 Å². The van der Waals surface area contributed by atoms with Crippen LogP contribution in [0.15, 0.2) is 6.20 Å². The van der Waals surface area contributed by atoms with Crippen molar-refractivity contribution in [1.29, 1.82) is 5.41 Å². The van der Waals surface area contributed by atoms with Gasteiger partial charge in [-0.15, -0.1) is 0 Å². The molecule has 1 saturated carbocycles. The van der Waals surface area contributed by atoms with E-state index in [9.17, 15) is 4.79 Å². The molecule has 0 aliphatic heterocycles. The third-order valence-electron chi connectivity index (χ3n) is 3.81. The first-order chi connectivity index (χ1) is 10.0. The van der Waals surface area contributed by atoms with Gasteiger partial charge in [-0.1, -0.05) is 30.9 Å². The van der Waals surface area contributed by atoms with Gasteiger partial charge in [0.15, 0.2) is 0 Å². The fourth-order valence-corrected chi connectivity index (χ4v) is 3.05. The maximum absolute atomic E-state index is 12.4. The standard InChI is InChI=1S/C15H21ClN4O/c1-9(17)12-13(16)11(8-19-14(12)18-2)15(21)20-10-6-4-3-5-7-10/h8,10,17H,3-7H2,1-2H3,(H,18,19)(H,20,21). The predicted molar refractivity (Wildman–Crippen MR) is 85.6 cm³/mol. The predicted octanol–water partition coefficient (Wildman–Crippen LogP) is 3.23. The van der Waals surface area contributed by atoms with E-state index in [1.54, 1.807) is 14.0 Å². The van der Waals surface area contributed by atoms with Crippen LogP contribution in [0.25, 0.3) is 0 Å². The van der Waals surface area contributed by atoms with Gasteiger partial charge < -0.3 is 16.0 Å². The lowest BCUT2D eigenvalue weighted by Crippen LogP contribution is -2.36. The number of rotatable bonds is 4. The van der Waals surface area contributed by atoms with Crippen molar-refractivity contribution in [3.8, 4) is 0 Å². The van der Waals surface area contributed by atoms with Crippen LogP contribution in [0.5, 0.6) is 0 Å². The monoisotopic (exact) mass is 308 g/mol. The van der Waals surface area contributed by atoms with Crippen molar-refractivity contribution in [1.82, 2.24) is 10.3 Å². The summed E-state index contributed by atoms with van der Waals surface area (Å²) in [6, 6.07) is 0.218. The highest BCUT2D eigenvalue weighted by molar-refractivity contribution is 6.37. The molecule has 1 amide bonds. The normalized spacial score (nSPS) is 15.6. The second-order valence-electron chi connectivity index (χ2n) is 5.39. The number of hydrogen-bond acceptors (Lipinski definition) is 4. The summed E-state index contributed by atoms with van der Waals surface area (Å²) in [5.41, 5.74) is 1.10. The van der Waals surface area contributed by atoms with Gasteiger partial charge in [0.2, 0.25) is 0 Å². The first kappa shape index (κ1) is 15.8. The van der Waals surface area contributed by atoms with Crippen LogP contribution in [0.3, 0.4) is 0 Å². The van der Waals surface area contributed by atoms with Crippen molar-refractivity contribution < 1.29 is 4.79 Å². The molecule has 6 heteroatoms. The van der Waals surface area contributed by atoms with E-state index in [0.29, 0.717) is 16.9 Å². The average molecular weight is 309 g/mol. The number of hydrogen-bond donors (Lipinski definition) is 3. The Kier molecular flexibility index (Phi) is 5.17. The van der Waals surface area contributed by atoms with Crippen molar-refractivity contribution in [3.05, 3.63) is 22.3 Å². The third kappa shape index (κ3) is 3.53. The number of aromatic nitrogens is 1. The van der Waals surface area contributed by atoms with E-state index in [1.807, 2.05) is 0 Å². The molecule has 0 aromatic carbocycles. The molecule has 5 nitrogen and oxygen atoms in total. The van der Waals surface area contributed by atoms with Gasteiger partial charge in [0.1, 0.15) is 5.82 Å². The minimum Gasteiger partial charge on any atom is -0.373 e. The van der Waals surface area contributed by atoms with Crippen LogP contribution < -0.4 is 10.6 Å². The molecule has 1 aliphatic carbocycles. The van der Waals surface area contributed by atoms with Gasteiger partial charge in [-0.05, 0) is 19.8 Å². The lowest BCUT2D eigenvalue weighted by atomic mass is 9.95. The summed E-state index contributed by atoms with van der Waals surface area (Å²) in [5, 5.41) is 14.0. The number of anilines is 1. The molecule has 1 aromatic rings. The number of nitrogens with zero attached hydrogens (tertiary/aromatic N) is 1. The molecule has 3 N–H and O–H groups in total. The van der Waals surface area contributed by atoms with Crippen LogP contribution in [-0.4, -0.2) is 29.7 Å². The minimum atomic E-state index is -0.204.